The van der Waals surface area contributed by atoms with Crippen molar-refractivity contribution in [1.29, 1.82) is 0 Å². The lowest BCUT2D eigenvalue weighted by Crippen LogP contribution is -2.45. The van der Waals surface area contributed by atoms with E-state index in [1.54, 1.807) is 0 Å². The summed E-state index contributed by atoms with van der Waals surface area (Å²) in [6, 6.07) is 15.9. The molecule has 0 aromatic heterocycles. The minimum Gasteiger partial charge on any atom is -0.463 e. The lowest BCUT2D eigenvalue weighted by atomic mass is 9.97. The summed E-state index contributed by atoms with van der Waals surface area (Å²) in [6.07, 6.45) is 0.939. The number of anilines is 2. The number of hydrogen-bond acceptors (Lipinski definition) is 3. The highest BCUT2D eigenvalue weighted by Gasteiger charge is 2.29. The van der Waals surface area contributed by atoms with Crippen LogP contribution in [0.3, 0.4) is 0 Å². The molecule has 1 amide bonds. The fourth-order valence-electron chi connectivity index (χ4n) is 3.46. The highest BCUT2D eigenvalue weighted by atomic mass is 16.4. The molecular weight excluding hydrogens is 326 g/mol. The summed E-state index contributed by atoms with van der Waals surface area (Å²) in [5.41, 5.74) is 4.03. The molecule has 0 radical (unpaired) electrons. The molecule has 1 aliphatic heterocycles. The van der Waals surface area contributed by atoms with Crippen molar-refractivity contribution < 1.29 is 9.90 Å². The van der Waals surface area contributed by atoms with Gasteiger partial charge in [-0.25, -0.2) is 4.79 Å². The minimum absolute atomic E-state index is 0.374. The van der Waals surface area contributed by atoms with E-state index in [0.717, 1.165) is 25.1 Å². The second-order valence-electron chi connectivity index (χ2n) is 7.18. The number of para-hydroxylation sites is 1. The van der Waals surface area contributed by atoms with E-state index in [1.807, 2.05) is 41.4 Å². The monoisotopic (exact) mass is 353 g/mol. The quantitative estimate of drug-likeness (QED) is 0.845. The normalized spacial score (nSPS) is 14.4. The van der Waals surface area contributed by atoms with Crippen LogP contribution in [0.2, 0.25) is 0 Å². The van der Waals surface area contributed by atoms with Crippen molar-refractivity contribution in [3.8, 4) is 0 Å². The van der Waals surface area contributed by atoms with Crippen molar-refractivity contribution in [2.24, 2.45) is 0 Å². The summed E-state index contributed by atoms with van der Waals surface area (Å²) in [5.74, 6) is 0.374. The summed E-state index contributed by atoms with van der Waals surface area (Å²) in [7, 11) is 4.14. The fourth-order valence-corrected chi connectivity index (χ4v) is 3.46. The van der Waals surface area contributed by atoms with Gasteiger partial charge in [0.2, 0.25) is 0 Å². The summed E-state index contributed by atoms with van der Waals surface area (Å²) in [6.45, 7) is 3.87. The van der Waals surface area contributed by atoms with Gasteiger partial charge in [0, 0.05) is 6.54 Å². The van der Waals surface area contributed by atoms with Gasteiger partial charge >= 0.3 is 6.09 Å². The second kappa shape index (κ2) is 7.79. The zero-order valence-corrected chi connectivity index (χ0v) is 15.7. The van der Waals surface area contributed by atoms with Gasteiger partial charge in [-0.3, -0.25) is 5.01 Å². The van der Waals surface area contributed by atoms with Crippen molar-refractivity contribution in [3.63, 3.8) is 0 Å². The van der Waals surface area contributed by atoms with Gasteiger partial charge in [0.15, 0.2) is 0 Å². The van der Waals surface area contributed by atoms with E-state index >= 15 is 0 Å². The van der Waals surface area contributed by atoms with Crippen LogP contribution in [0.5, 0.6) is 0 Å². The first-order valence-electron chi connectivity index (χ1n) is 9.10. The Morgan fingerprint density at radius 2 is 1.96 bits per heavy atom. The van der Waals surface area contributed by atoms with Crippen LogP contribution < -0.4 is 10.0 Å². The number of hydrogen-bond donors (Lipinski definition) is 1. The zero-order valence-electron chi connectivity index (χ0n) is 15.7. The van der Waals surface area contributed by atoms with E-state index < -0.39 is 6.09 Å². The number of nitrogens with zero attached hydrogens (tertiary/aromatic N) is 3. The van der Waals surface area contributed by atoms with Crippen LogP contribution in [0.4, 0.5) is 16.2 Å². The first-order chi connectivity index (χ1) is 12.5. The van der Waals surface area contributed by atoms with Gasteiger partial charge in [-0.2, -0.15) is 5.01 Å². The number of benzene rings is 2. The van der Waals surface area contributed by atoms with E-state index in [-0.39, 0.29) is 0 Å². The molecule has 26 heavy (non-hydrogen) atoms. The Morgan fingerprint density at radius 3 is 2.69 bits per heavy atom. The predicted octanol–water partition coefficient (Wildman–Crippen LogP) is 4.20. The SMILES string of the molecule is CC(CCN(C)C)c1cccc(N(C(=O)O)N2CCc3ccccc32)c1. The molecule has 0 fully saturated rings. The van der Waals surface area contributed by atoms with Crippen LogP contribution in [-0.2, 0) is 6.42 Å². The third-order valence-electron chi connectivity index (χ3n) is 4.98. The van der Waals surface area contributed by atoms with Gasteiger partial charge in [-0.1, -0.05) is 37.3 Å². The Kier molecular flexibility index (Phi) is 5.47. The van der Waals surface area contributed by atoms with E-state index in [2.05, 4.69) is 38.1 Å². The van der Waals surface area contributed by atoms with Gasteiger partial charge < -0.3 is 10.0 Å². The van der Waals surface area contributed by atoms with Crippen molar-refractivity contribution in [2.75, 3.05) is 37.2 Å². The number of carbonyl (C=O) groups is 1. The molecule has 1 aliphatic rings. The van der Waals surface area contributed by atoms with Gasteiger partial charge in [-0.15, -0.1) is 0 Å². The molecule has 2 aromatic carbocycles. The van der Waals surface area contributed by atoms with Crippen LogP contribution in [-0.4, -0.2) is 43.3 Å². The van der Waals surface area contributed by atoms with Crippen LogP contribution in [0.15, 0.2) is 48.5 Å². The van der Waals surface area contributed by atoms with E-state index in [0.29, 0.717) is 18.2 Å². The number of fused-ring (bicyclic) bond motifs is 1. The Balaban J connectivity index is 1.88. The number of rotatable bonds is 6. The molecule has 1 unspecified atom stereocenters. The molecule has 3 rings (SSSR count). The Labute approximate surface area is 155 Å². The van der Waals surface area contributed by atoms with E-state index in [1.165, 1.54) is 16.1 Å². The minimum atomic E-state index is -0.959. The van der Waals surface area contributed by atoms with Crippen LogP contribution in [0.25, 0.3) is 0 Å². The molecule has 0 bridgehead atoms. The number of amides is 1. The summed E-state index contributed by atoms with van der Waals surface area (Å²) in [5, 5.41) is 13.1. The van der Waals surface area contributed by atoms with Gasteiger partial charge in [0.25, 0.3) is 0 Å². The van der Waals surface area contributed by atoms with Crippen molar-refractivity contribution in [2.45, 2.75) is 25.7 Å². The molecule has 1 N–H and O–H groups in total. The molecule has 5 nitrogen and oxygen atoms in total. The Hall–Kier alpha value is -2.53. The van der Waals surface area contributed by atoms with Crippen LogP contribution >= 0.6 is 0 Å². The van der Waals surface area contributed by atoms with Crippen molar-refractivity contribution in [3.05, 3.63) is 59.7 Å². The van der Waals surface area contributed by atoms with Gasteiger partial charge in [0.05, 0.1) is 11.4 Å². The molecule has 1 atom stereocenters. The maximum absolute atomic E-state index is 12.1. The predicted molar refractivity (Wildman–Crippen MR) is 106 cm³/mol. The Morgan fingerprint density at radius 1 is 1.19 bits per heavy atom. The largest absolute Gasteiger partial charge is 0.463 e. The van der Waals surface area contributed by atoms with Crippen LogP contribution in [0, 0.1) is 0 Å². The number of carboxylic acid groups (broad SMARTS) is 1. The summed E-state index contributed by atoms with van der Waals surface area (Å²) >= 11 is 0. The molecule has 2 aromatic rings. The molecule has 1 heterocycles. The average Bonchev–Trinajstić information content (AvgIpc) is 3.04. The molecule has 5 heteroatoms. The molecule has 0 aliphatic carbocycles. The van der Waals surface area contributed by atoms with Gasteiger partial charge in [-0.05, 0) is 68.7 Å². The molecule has 0 saturated carbocycles. The van der Waals surface area contributed by atoms with Gasteiger partial charge in [0.1, 0.15) is 0 Å². The maximum atomic E-state index is 12.1. The van der Waals surface area contributed by atoms with Crippen molar-refractivity contribution in [1.82, 2.24) is 4.90 Å². The van der Waals surface area contributed by atoms with E-state index in [9.17, 15) is 9.90 Å². The molecular formula is C21H27N3O2. The molecule has 138 valence electrons. The highest BCUT2D eigenvalue weighted by Crippen LogP contribution is 2.33. The van der Waals surface area contributed by atoms with E-state index in [4.69, 9.17) is 0 Å². The first-order valence-corrected chi connectivity index (χ1v) is 9.10. The third kappa shape index (κ3) is 3.83. The van der Waals surface area contributed by atoms with Crippen molar-refractivity contribution >= 4 is 17.5 Å². The maximum Gasteiger partial charge on any atom is 0.431 e. The molecule has 0 saturated heterocycles. The third-order valence-corrected chi connectivity index (χ3v) is 4.98. The topological polar surface area (TPSA) is 47.0 Å². The lowest BCUT2D eigenvalue weighted by Gasteiger charge is -2.32. The second-order valence-corrected chi connectivity index (χ2v) is 7.18. The average molecular weight is 353 g/mol. The standard InChI is InChI=1S/C21H27N3O2/c1-16(11-13-22(2)3)18-8-6-9-19(15-18)24(21(25)26)23-14-12-17-7-4-5-10-20(17)23/h4-10,15-16H,11-14H2,1-3H3,(H,25,26). The summed E-state index contributed by atoms with van der Waals surface area (Å²) < 4.78 is 0. The Bertz CT molecular complexity index is 775. The lowest BCUT2D eigenvalue weighted by molar-refractivity contribution is 0.201. The smallest absolute Gasteiger partial charge is 0.431 e. The zero-order chi connectivity index (χ0) is 18.7. The highest BCUT2D eigenvalue weighted by molar-refractivity contribution is 5.90. The fraction of sp³-hybridized carbons (Fsp3) is 0.381. The molecule has 0 spiro atoms. The summed E-state index contributed by atoms with van der Waals surface area (Å²) in [4.78, 5) is 14.2. The van der Waals surface area contributed by atoms with Crippen LogP contribution in [0.1, 0.15) is 30.4 Å². The number of hydrazine groups is 1. The first kappa shape index (κ1) is 18.3.